The predicted molar refractivity (Wildman–Crippen MR) is 109 cm³/mol. The molecule has 0 fully saturated rings. The molecular weight excluding hydrogens is 529 g/mol. The molecule has 29 heavy (non-hydrogen) atoms. The summed E-state index contributed by atoms with van der Waals surface area (Å²) >= 11 is 2.00. The summed E-state index contributed by atoms with van der Waals surface area (Å²) in [5, 5.41) is 6.39. The molecule has 0 saturated carbocycles. The first-order chi connectivity index (χ1) is 13.7. The van der Waals surface area contributed by atoms with Gasteiger partial charge in [0.05, 0.1) is 24.5 Å². The summed E-state index contributed by atoms with van der Waals surface area (Å²) in [4.78, 5) is 15.4. The van der Waals surface area contributed by atoms with E-state index in [2.05, 4.69) is 10.1 Å². The van der Waals surface area contributed by atoms with Crippen LogP contribution in [0.25, 0.3) is 17.0 Å². The fourth-order valence-corrected chi connectivity index (χ4v) is 4.08. The van der Waals surface area contributed by atoms with Gasteiger partial charge in [-0.15, -0.1) is 0 Å². The van der Waals surface area contributed by atoms with Gasteiger partial charge in [-0.2, -0.15) is 5.10 Å². The lowest BCUT2D eigenvalue weighted by Crippen LogP contribution is -2.16. The van der Waals surface area contributed by atoms with E-state index in [0.717, 1.165) is 6.92 Å². The van der Waals surface area contributed by atoms with Crippen LogP contribution >= 0.6 is 28.4 Å². The van der Waals surface area contributed by atoms with E-state index in [4.69, 9.17) is 0 Å². The van der Waals surface area contributed by atoms with Crippen molar-refractivity contribution in [2.24, 2.45) is 0 Å². The molecule has 0 aliphatic heterocycles. The summed E-state index contributed by atoms with van der Waals surface area (Å²) in [5.41, 5.74) is -1.94. The van der Waals surface area contributed by atoms with Gasteiger partial charge >= 0.3 is 0 Å². The maximum atomic E-state index is 14.7. The molecule has 3 rings (SSSR count). The van der Waals surface area contributed by atoms with Crippen LogP contribution < -0.4 is 5.32 Å². The van der Waals surface area contributed by atoms with E-state index < -0.39 is 41.2 Å². The number of alkyl halides is 2. The lowest BCUT2D eigenvalue weighted by atomic mass is 10.1. The first-order valence-electron chi connectivity index (χ1n) is 7.89. The first kappa shape index (κ1) is 21.6. The van der Waals surface area contributed by atoms with Crippen LogP contribution in [0, 0.1) is 18.6 Å². The number of aromatic nitrogens is 3. The van der Waals surface area contributed by atoms with Crippen LogP contribution in [-0.2, 0) is 4.79 Å². The van der Waals surface area contributed by atoms with Gasteiger partial charge in [-0.1, -0.05) is 12.1 Å². The summed E-state index contributed by atoms with van der Waals surface area (Å²) < 4.78 is 70.3. The number of carbonyl (C=O) groups excluding carboxylic acids is 1. The Balaban J connectivity index is 1.96. The molecule has 152 valence electrons. The number of anilines is 1. The molecule has 3 aromatic rings. The lowest BCUT2D eigenvalue weighted by molar-refractivity contribution is -0.114. The molecule has 0 aliphatic rings. The van der Waals surface area contributed by atoms with Crippen molar-refractivity contribution >= 4 is 57.0 Å². The Morgan fingerprint density at radius 3 is 2.69 bits per heavy atom. The Morgan fingerprint density at radius 1 is 1.31 bits per heavy atom. The van der Waals surface area contributed by atoms with Crippen molar-refractivity contribution in [1.82, 2.24) is 14.5 Å². The van der Waals surface area contributed by atoms with Gasteiger partial charge in [0.2, 0.25) is 0 Å². The van der Waals surface area contributed by atoms with Gasteiger partial charge in [0.15, 0.2) is 11.6 Å². The Morgan fingerprint density at radius 2 is 2.03 bits per heavy atom. The molecule has 12 heteroatoms. The quantitative estimate of drug-likeness (QED) is 0.196. The van der Waals surface area contributed by atoms with E-state index in [1.54, 1.807) is 0 Å². The Hall–Kier alpha value is -2.14. The van der Waals surface area contributed by atoms with Gasteiger partial charge in [-0.3, -0.25) is 4.79 Å². The fraction of sp³-hybridized carbons (Fsp3) is 0.118. The second-order valence-electron chi connectivity index (χ2n) is 5.79. The monoisotopic (exact) mass is 540 g/mol. The van der Waals surface area contributed by atoms with E-state index >= 15 is 0 Å². The molecule has 0 saturated heterocycles. The summed E-state index contributed by atoms with van der Waals surface area (Å²) in [6, 6.07) is 2.76. The molecule has 0 radical (unpaired) electrons. The second kappa shape index (κ2) is 8.70. The molecule has 1 atom stereocenters. The van der Waals surface area contributed by atoms with Crippen molar-refractivity contribution in [3.05, 3.63) is 58.8 Å². The summed E-state index contributed by atoms with van der Waals surface area (Å²) in [7, 11) is 0. The highest BCUT2D eigenvalue weighted by molar-refractivity contribution is 14.2. The van der Waals surface area contributed by atoms with Gasteiger partial charge in [0, 0.05) is 16.5 Å². The van der Waals surface area contributed by atoms with E-state index in [1.165, 1.54) is 22.8 Å². The van der Waals surface area contributed by atoms with Crippen LogP contribution in [0.1, 0.15) is 23.2 Å². The van der Waals surface area contributed by atoms with Crippen molar-refractivity contribution in [2.75, 3.05) is 5.32 Å². The average molecular weight is 540 g/mol. The maximum absolute atomic E-state index is 14.7. The van der Waals surface area contributed by atoms with Gasteiger partial charge < -0.3 is 5.32 Å². The average Bonchev–Trinajstić information content (AvgIpc) is 3.11. The summed E-state index contributed by atoms with van der Waals surface area (Å²) in [6.45, 7) is 1.14. The third-order valence-electron chi connectivity index (χ3n) is 4.03. The summed E-state index contributed by atoms with van der Waals surface area (Å²) in [6.07, 6.45) is -0.364. The largest absolute Gasteiger partial charge is 0.318 e. The van der Waals surface area contributed by atoms with Gasteiger partial charge in [-0.05, 0) is 35.0 Å². The highest BCUT2D eigenvalue weighted by Gasteiger charge is 2.22. The van der Waals surface area contributed by atoms with Gasteiger partial charge in [0.1, 0.15) is 17.0 Å². The van der Waals surface area contributed by atoms with Crippen LogP contribution in [0.2, 0.25) is 0 Å². The summed E-state index contributed by atoms with van der Waals surface area (Å²) in [5.74, 6) is -4.62. The minimum Gasteiger partial charge on any atom is -0.318 e. The van der Waals surface area contributed by atoms with Gasteiger partial charge in [0.25, 0.3) is 12.3 Å². The Kier molecular flexibility index (Phi) is 6.47. The van der Waals surface area contributed by atoms with Crippen LogP contribution in [0.3, 0.4) is 0 Å². The normalized spacial score (nSPS) is 12.5. The zero-order valence-corrected chi connectivity index (χ0v) is 17.6. The number of hydrogen-bond donors (Lipinski definition) is 1. The zero-order valence-electron chi connectivity index (χ0n) is 14.5. The minimum absolute atomic E-state index is 0.0950. The molecule has 0 aliphatic carbocycles. The predicted octanol–water partition coefficient (Wildman–Crippen LogP) is 5.70. The number of nitrogens with one attached hydrogen (secondary N) is 1. The standard InChI is InChI=1S/C17H11F5IN4OP/c1-7-11(19)6-24-14(16(21)22)13(7)26-17(28)10(18)4-8-2-3-9-5-25-27(29-23)15(9)12(8)20/h2-6,16,29H,1H3,(H,26,28)/b10-4-. The molecule has 5 nitrogen and oxygen atoms in total. The number of benzene rings is 1. The Labute approximate surface area is 175 Å². The molecule has 1 N–H and O–H groups in total. The number of rotatable bonds is 5. The zero-order chi connectivity index (χ0) is 21.3. The topological polar surface area (TPSA) is 59.8 Å². The molecule has 0 spiro atoms. The van der Waals surface area contributed by atoms with Crippen molar-refractivity contribution in [3.63, 3.8) is 0 Å². The molecular formula is C17H11F5IN4OP. The SMILES string of the molecule is Cc1c(F)cnc(C(F)F)c1NC(=O)/C(F)=C/c1ccc2cnn(PI)c2c1F. The van der Waals surface area contributed by atoms with E-state index in [0.29, 0.717) is 17.7 Å². The highest BCUT2D eigenvalue weighted by Crippen LogP contribution is 2.32. The molecule has 1 unspecified atom stereocenters. The number of carbonyl (C=O) groups is 1. The minimum atomic E-state index is -3.12. The number of nitrogens with zero attached hydrogens (tertiary/aromatic N) is 3. The molecule has 2 heterocycles. The van der Waals surface area contributed by atoms with Crippen molar-refractivity contribution in [2.45, 2.75) is 13.3 Å². The van der Waals surface area contributed by atoms with Crippen LogP contribution in [0.15, 0.2) is 30.4 Å². The number of amides is 1. The molecule has 2 aromatic heterocycles. The molecule has 1 amide bonds. The third-order valence-corrected chi connectivity index (χ3v) is 5.90. The number of hydrogen-bond acceptors (Lipinski definition) is 3. The number of halogens is 6. The highest BCUT2D eigenvalue weighted by atomic mass is 127. The smallest absolute Gasteiger partial charge is 0.284 e. The number of fused-ring (bicyclic) bond motifs is 1. The van der Waals surface area contributed by atoms with Gasteiger partial charge in [-0.25, -0.2) is 31.4 Å². The Bertz CT molecular complexity index is 1130. The van der Waals surface area contributed by atoms with E-state index in [-0.39, 0.29) is 23.0 Å². The fourth-order valence-electron chi connectivity index (χ4n) is 2.57. The lowest BCUT2D eigenvalue weighted by Gasteiger charge is -2.12. The second-order valence-corrected chi connectivity index (χ2v) is 7.83. The van der Waals surface area contributed by atoms with Crippen LogP contribution in [0.5, 0.6) is 0 Å². The van der Waals surface area contributed by atoms with Crippen LogP contribution in [0.4, 0.5) is 27.6 Å². The van der Waals surface area contributed by atoms with Crippen LogP contribution in [-0.4, -0.2) is 20.4 Å². The van der Waals surface area contributed by atoms with E-state index in [9.17, 15) is 26.7 Å². The third kappa shape index (κ3) is 4.25. The molecule has 0 bridgehead atoms. The number of pyridine rings is 1. The van der Waals surface area contributed by atoms with Crippen molar-refractivity contribution in [3.8, 4) is 0 Å². The van der Waals surface area contributed by atoms with Crippen molar-refractivity contribution < 1.29 is 26.7 Å². The first-order valence-corrected chi connectivity index (χ1v) is 11.9. The van der Waals surface area contributed by atoms with E-state index in [1.807, 2.05) is 27.4 Å². The maximum Gasteiger partial charge on any atom is 0.284 e. The molecule has 1 aromatic carbocycles. The van der Waals surface area contributed by atoms with Crippen molar-refractivity contribution in [1.29, 1.82) is 0 Å².